The van der Waals surface area contributed by atoms with Crippen molar-refractivity contribution >= 4 is 32.8 Å². The van der Waals surface area contributed by atoms with E-state index in [-0.39, 0.29) is 18.6 Å². The highest BCUT2D eigenvalue weighted by Crippen LogP contribution is 2.44. The normalized spacial score (nSPS) is 20.0. The molecule has 4 rings (SSSR count). The lowest BCUT2D eigenvalue weighted by atomic mass is 9.96. The third kappa shape index (κ3) is 5.07. The summed E-state index contributed by atoms with van der Waals surface area (Å²) in [7, 11) is -1.29. The van der Waals surface area contributed by atoms with Crippen LogP contribution >= 0.6 is 15.9 Å². The zero-order chi connectivity index (χ0) is 23.8. The van der Waals surface area contributed by atoms with E-state index in [1.807, 2.05) is 55.4 Å². The number of nitrogens with zero attached hydrogens (tertiary/aromatic N) is 3. The molecule has 1 aromatic carbocycles. The maximum Gasteiger partial charge on any atom is 0.272 e. The van der Waals surface area contributed by atoms with Crippen LogP contribution in [-0.2, 0) is 22.3 Å². The number of ether oxygens (including phenoxy) is 1. The van der Waals surface area contributed by atoms with Gasteiger partial charge in [-0.15, -0.1) is 0 Å². The molecule has 2 atom stereocenters. The van der Waals surface area contributed by atoms with E-state index in [4.69, 9.17) is 9.72 Å². The van der Waals surface area contributed by atoms with Gasteiger partial charge in [-0.1, -0.05) is 28.1 Å². The van der Waals surface area contributed by atoms with Crippen LogP contribution in [0.25, 0.3) is 11.3 Å². The van der Waals surface area contributed by atoms with Crippen molar-refractivity contribution in [2.75, 3.05) is 32.9 Å². The Kier molecular flexibility index (Phi) is 7.35. The molecule has 7 nitrogen and oxygen atoms in total. The monoisotopic (exact) mass is 535 g/mol. The molecular formula is C24H30BrN3O4S. The summed E-state index contributed by atoms with van der Waals surface area (Å²) < 4.78 is 21.2. The summed E-state index contributed by atoms with van der Waals surface area (Å²) in [6.45, 7) is 8.37. The maximum atomic E-state index is 13.4. The lowest BCUT2D eigenvalue weighted by molar-refractivity contribution is 0.0299. The van der Waals surface area contributed by atoms with E-state index in [1.54, 1.807) is 4.90 Å². The van der Waals surface area contributed by atoms with Crippen molar-refractivity contribution < 1.29 is 18.8 Å². The van der Waals surface area contributed by atoms with E-state index in [0.717, 1.165) is 21.2 Å². The molecule has 1 fully saturated rings. The summed E-state index contributed by atoms with van der Waals surface area (Å²) in [6, 6.07) is 9.42. The molecule has 0 saturated carbocycles. The van der Waals surface area contributed by atoms with Crippen molar-refractivity contribution in [1.82, 2.24) is 14.2 Å². The molecule has 178 valence electrons. The number of hydrogen-bond acceptors (Lipinski definition) is 5. The van der Waals surface area contributed by atoms with Crippen molar-refractivity contribution in [1.29, 1.82) is 0 Å². The van der Waals surface area contributed by atoms with Crippen molar-refractivity contribution in [3.63, 3.8) is 0 Å². The summed E-state index contributed by atoms with van der Waals surface area (Å²) in [6.07, 6.45) is 0.439. The maximum absolute atomic E-state index is 13.4. The fourth-order valence-electron chi connectivity index (χ4n) is 4.36. The number of halogens is 1. The number of aliphatic hydroxyl groups is 1. The van der Waals surface area contributed by atoms with Gasteiger partial charge in [0.25, 0.3) is 5.91 Å². The van der Waals surface area contributed by atoms with Crippen LogP contribution in [0.1, 0.15) is 54.8 Å². The first-order chi connectivity index (χ1) is 15.7. The second kappa shape index (κ2) is 9.92. The fourth-order valence-corrected chi connectivity index (χ4v) is 6.16. The number of benzene rings is 1. The summed E-state index contributed by atoms with van der Waals surface area (Å²) in [5.41, 5.74) is 3.85. The molecule has 0 aliphatic carbocycles. The van der Waals surface area contributed by atoms with E-state index in [2.05, 4.69) is 15.9 Å². The number of aromatic nitrogens is 1. The van der Waals surface area contributed by atoms with Crippen LogP contribution in [0.3, 0.4) is 0 Å². The molecule has 1 N–H and O–H groups in total. The van der Waals surface area contributed by atoms with E-state index in [9.17, 15) is 14.1 Å². The van der Waals surface area contributed by atoms with Gasteiger partial charge in [0.1, 0.15) is 16.7 Å². The van der Waals surface area contributed by atoms with Gasteiger partial charge < -0.3 is 14.7 Å². The number of carbonyl (C=O) groups is 1. The van der Waals surface area contributed by atoms with E-state index >= 15 is 0 Å². The molecule has 0 bridgehead atoms. The van der Waals surface area contributed by atoms with E-state index in [0.29, 0.717) is 50.7 Å². The highest BCUT2D eigenvalue weighted by atomic mass is 79.9. The second-order valence-electron chi connectivity index (χ2n) is 9.31. The molecule has 1 aromatic heterocycles. The summed E-state index contributed by atoms with van der Waals surface area (Å²) in [4.78, 5) is 19.9. The number of morpholine rings is 1. The first-order valence-electron chi connectivity index (χ1n) is 11.2. The average Bonchev–Trinajstić information content (AvgIpc) is 3.15. The number of fused-ring (bicyclic) bond motifs is 1. The smallest absolute Gasteiger partial charge is 0.272 e. The largest absolute Gasteiger partial charge is 0.396 e. The Labute approximate surface area is 205 Å². The van der Waals surface area contributed by atoms with Gasteiger partial charge in [-0.25, -0.2) is 13.5 Å². The number of rotatable bonds is 5. The number of amides is 1. The molecule has 9 heteroatoms. The quantitative estimate of drug-likeness (QED) is 0.631. The first kappa shape index (κ1) is 24.5. The third-order valence-electron chi connectivity index (χ3n) is 5.91. The summed E-state index contributed by atoms with van der Waals surface area (Å²) in [5, 5.41) is 9.85. The molecule has 33 heavy (non-hydrogen) atoms. The molecule has 1 unspecified atom stereocenters. The summed E-state index contributed by atoms with van der Waals surface area (Å²) >= 11 is 3.54. The number of pyridine rings is 1. The predicted octanol–water partition coefficient (Wildman–Crippen LogP) is 3.68. The van der Waals surface area contributed by atoms with Gasteiger partial charge in [-0.05, 0) is 51.0 Å². The number of carbonyl (C=O) groups excluding carboxylic acids is 1. The molecule has 2 aromatic rings. The van der Waals surface area contributed by atoms with Gasteiger partial charge >= 0.3 is 0 Å². The Morgan fingerprint density at radius 1 is 1.27 bits per heavy atom. The lowest BCUT2D eigenvalue weighted by Crippen LogP contribution is -2.41. The molecule has 0 radical (unpaired) electrons. The minimum atomic E-state index is -1.29. The highest BCUT2D eigenvalue weighted by molar-refractivity contribution is 9.10. The molecule has 3 heterocycles. The van der Waals surface area contributed by atoms with Crippen molar-refractivity contribution in [3.8, 4) is 11.3 Å². The lowest BCUT2D eigenvalue weighted by Gasteiger charge is -2.30. The van der Waals surface area contributed by atoms with Gasteiger partial charge in [0.15, 0.2) is 0 Å². The standard InChI is InChI=1S/C24H30BrN3O4S/c1-24(2,3)33(31)28-15-17-14-19(23(30)27-8-11-32-12-9-27)26-22(21(17)20(28)7-10-29)16-5-4-6-18(25)13-16/h4-6,13-14,20,29H,7-12,15H2,1-3H3/t20-,33?/m0/s1. The van der Waals surface area contributed by atoms with Crippen LogP contribution in [0.2, 0.25) is 0 Å². The Balaban J connectivity index is 1.85. The van der Waals surface area contributed by atoms with Gasteiger partial charge in [0.2, 0.25) is 0 Å². The molecule has 2 aliphatic heterocycles. The molecule has 0 spiro atoms. The third-order valence-corrected chi connectivity index (χ3v) is 8.26. The van der Waals surface area contributed by atoms with E-state index < -0.39 is 15.7 Å². The van der Waals surface area contributed by atoms with Crippen LogP contribution in [0.15, 0.2) is 34.8 Å². The van der Waals surface area contributed by atoms with Crippen LogP contribution < -0.4 is 0 Å². The number of aliphatic hydroxyl groups excluding tert-OH is 1. The zero-order valence-corrected chi connectivity index (χ0v) is 21.6. The van der Waals surface area contributed by atoms with Crippen molar-refractivity contribution in [3.05, 3.63) is 51.6 Å². The minimum Gasteiger partial charge on any atom is -0.396 e. The predicted molar refractivity (Wildman–Crippen MR) is 132 cm³/mol. The van der Waals surface area contributed by atoms with Gasteiger partial charge in [-0.2, -0.15) is 0 Å². The fraction of sp³-hybridized carbons (Fsp3) is 0.500. The topological polar surface area (TPSA) is 83.0 Å². The Bertz CT molecular complexity index is 1070. The van der Waals surface area contributed by atoms with Gasteiger partial charge in [-0.3, -0.25) is 4.79 Å². The summed E-state index contributed by atoms with van der Waals surface area (Å²) in [5.74, 6) is -0.119. The van der Waals surface area contributed by atoms with Gasteiger partial charge in [0.05, 0.1) is 29.7 Å². The molecular weight excluding hydrogens is 506 g/mol. The SMILES string of the molecule is CC(C)(C)S(=O)N1Cc2cc(C(=O)N3CCOCC3)nc(-c3cccc(Br)c3)c2[C@@H]1CCO. The van der Waals surface area contributed by atoms with Gasteiger partial charge in [0, 0.05) is 41.8 Å². The second-order valence-corrected chi connectivity index (χ2v) is 12.4. The molecule has 1 amide bonds. The molecule has 1 saturated heterocycles. The Morgan fingerprint density at radius 2 is 2.00 bits per heavy atom. The van der Waals surface area contributed by atoms with Crippen molar-refractivity contribution in [2.45, 2.75) is 44.5 Å². The van der Waals surface area contributed by atoms with Crippen LogP contribution in [0.4, 0.5) is 0 Å². The average molecular weight is 536 g/mol. The first-order valence-corrected chi connectivity index (χ1v) is 13.1. The zero-order valence-electron chi connectivity index (χ0n) is 19.2. The van der Waals surface area contributed by atoms with E-state index in [1.165, 1.54) is 0 Å². The van der Waals surface area contributed by atoms with Crippen molar-refractivity contribution in [2.24, 2.45) is 0 Å². The highest BCUT2D eigenvalue weighted by Gasteiger charge is 2.40. The number of hydrogen-bond donors (Lipinski definition) is 1. The Morgan fingerprint density at radius 3 is 2.64 bits per heavy atom. The Hall–Kier alpha value is -1.65. The van der Waals surface area contributed by atoms with Crippen LogP contribution in [-0.4, -0.2) is 67.1 Å². The minimum absolute atomic E-state index is 0.0334. The van der Waals surface area contributed by atoms with Crippen LogP contribution in [0, 0.1) is 0 Å². The molecule has 2 aliphatic rings. The van der Waals surface area contributed by atoms with Crippen LogP contribution in [0.5, 0.6) is 0 Å².